The van der Waals surface area contributed by atoms with Crippen molar-refractivity contribution >= 4 is 5.91 Å². The Bertz CT molecular complexity index is 1140. The number of carbonyl (C=O) groups is 1. The summed E-state index contributed by atoms with van der Waals surface area (Å²) in [6, 6.07) is 17.6. The van der Waals surface area contributed by atoms with Crippen molar-refractivity contribution < 1.29 is 23.4 Å². The van der Waals surface area contributed by atoms with Crippen molar-refractivity contribution in [1.82, 2.24) is 10.3 Å². The molecule has 0 spiro atoms. The summed E-state index contributed by atoms with van der Waals surface area (Å²) in [5.41, 5.74) is 5.52. The summed E-state index contributed by atoms with van der Waals surface area (Å²) in [4.78, 5) is 16.1. The summed E-state index contributed by atoms with van der Waals surface area (Å²) in [6.45, 7) is 2.36. The van der Waals surface area contributed by atoms with Gasteiger partial charge in [-0.3, -0.25) is 4.79 Å². The number of nitrogens with zero attached hydrogens (tertiary/aromatic N) is 1. The molecule has 1 aromatic heterocycles. The van der Waals surface area contributed by atoms with Gasteiger partial charge >= 0.3 is 0 Å². The second kappa shape index (κ2) is 11.1. The van der Waals surface area contributed by atoms with E-state index < -0.39 is 35.0 Å². The number of aliphatic hydroxyl groups excluding tert-OH is 1. The van der Waals surface area contributed by atoms with Gasteiger partial charge in [0.05, 0.1) is 6.10 Å². The van der Waals surface area contributed by atoms with Crippen LogP contribution in [-0.4, -0.2) is 40.8 Å². The van der Waals surface area contributed by atoms with Gasteiger partial charge in [0, 0.05) is 49.2 Å². The molecule has 5 atom stereocenters. The number of aromatic nitrogens is 1. The molecule has 190 valence electrons. The van der Waals surface area contributed by atoms with Gasteiger partial charge in [-0.2, -0.15) is 0 Å². The van der Waals surface area contributed by atoms with E-state index in [4.69, 9.17) is 10.5 Å². The van der Waals surface area contributed by atoms with E-state index in [0.29, 0.717) is 24.4 Å². The van der Waals surface area contributed by atoms with Gasteiger partial charge in [-0.25, -0.2) is 13.8 Å². The van der Waals surface area contributed by atoms with Crippen LogP contribution in [0.15, 0.2) is 72.9 Å². The molecular formula is C28H31F2N3O3. The van der Waals surface area contributed by atoms with Crippen molar-refractivity contribution in [2.75, 3.05) is 6.54 Å². The van der Waals surface area contributed by atoms with Gasteiger partial charge in [-0.05, 0) is 41.7 Å². The van der Waals surface area contributed by atoms with Gasteiger partial charge in [0.1, 0.15) is 17.7 Å². The van der Waals surface area contributed by atoms with E-state index in [2.05, 4.69) is 10.3 Å². The first-order chi connectivity index (χ1) is 17.3. The maximum Gasteiger partial charge on any atom is 0.217 e. The molecule has 1 fully saturated rings. The van der Waals surface area contributed by atoms with E-state index in [0.717, 1.165) is 11.6 Å². The number of halogens is 2. The Morgan fingerprint density at radius 2 is 1.83 bits per heavy atom. The van der Waals surface area contributed by atoms with Crippen LogP contribution in [0.5, 0.6) is 5.88 Å². The third-order valence-corrected chi connectivity index (χ3v) is 7.18. The number of nitrogens with two attached hydrogens (primary N) is 1. The Kier molecular flexibility index (Phi) is 7.96. The normalized spacial score (nSPS) is 20.9. The molecule has 1 saturated heterocycles. The summed E-state index contributed by atoms with van der Waals surface area (Å²) in [6.07, 6.45) is 1.19. The van der Waals surface area contributed by atoms with Crippen LogP contribution in [-0.2, 0) is 10.2 Å². The average Bonchev–Trinajstić information content (AvgIpc) is 3.33. The van der Waals surface area contributed by atoms with Crippen LogP contribution in [0.25, 0.3) is 0 Å². The van der Waals surface area contributed by atoms with Crippen LogP contribution in [0.3, 0.4) is 0 Å². The lowest BCUT2D eigenvalue weighted by molar-refractivity contribution is -0.118. The Morgan fingerprint density at radius 3 is 2.47 bits per heavy atom. The molecule has 6 nitrogen and oxygen atoms in total. The molecule has 1 amide bonds. The molecular weight excluding hydrogens is 464 g/mol. The van der Waals surface area contributed by atoms with E-state index >= 15 is 0 Å². The second-order valence-corrected chi connectivity index (χ2v) is 9.40. The molecule has 0 radical (unpaired) electrons. The van der Waals surface area contributed by atoms with Gasteiger partial charge in [0.2, 0.25) is 11.8 Å². The Morgan fingerprint density at radius 1 is 1.14 bits per heavy atom. The summed E-state index contributed by atoms with van der Waals surface area (Å²) in [5.74, 6) is -2.03. The molecule has 0 bridgehead atoms. The van der Waals surface area contributed by atoms with Crippen LogP contribution in [0.2, 0.25) is 0 Å². The molecule has 1 aliphatic heterocycles. The first kappa shape index (κ1) is 25.7. The molecule has 2 heterocycles. The lowest BCUT2D eigenvalue weighted by Crippen LogP contribution is -2.49. The Balaban J connectivity index is 1.69. The molecule has 3 aromatic rings. The largest absolute Gasteiger partial charge is 0.473 e. The predicted molar refractivity (Wildman–Crippen MR) is 132 cm³/mol. The number of pyridine rings is 1. The van der Waals surface area contributed by atoms with Gasteiger partial charge < -0.3 is 20.9 Å². The van der Waals surface area contributed by atoms with Gasteiger partial charge in [-0.15, -0.1) is 0 Å². The number of hydrogen-bond donors (Lipinski definition) is 3. The van der Waals surface area contributed by atoms with Crippen LogP contribution >= 0.6 is 0 Å². The van der Waals surface area contributed by atoms with Crippen molar-refractivity contribution in [2.45, 2.75) is 49.9 Å². The second-order valence-electron chi connectivity index (χ2n) is 9.40. The van der Waals surface area contributed by atoms with Crippen LogP contribution in [0, 0.1) is 17.6 Å². The number of amides is 1. The monoisotopic (exact) mass is 495 g/mol. The topological polar surface area (TPSA) is 97.5 Å². The lowest BCUT2D eigenvalue weighted by atomic mass is 9.61. The highest BCUT2D eigenvalue weighted by Crippen LogP contribution is 2.46. The van der Waals surface area contributed by atoms with E-state index in [1.54, 1.807) is 18.3 Å². The number of hydrogen-bond acceptors (Lipinski definition) is 5. The van der Waals surface area contributed by atoms with Crippen molar-refractivity contribution in [2.24, 2.45) is 11.7 Å². The zero-order valence-electron chi connectivity index (χ0n) is 20.1. The molecule has 3 unspecified atom stereocenters. The molecule has 0 aliphatic carbocycles. The molecule has 36 heavy (non-hydrogen) atoms. The molecule has 4 rings (SSSR count). The highest BCUT2D eigenvalue weighted by atomic mass is 19.1. The van der Waals surface area contributed by atoms with Gasteiger partial charge in [0.15, 0.2) is 0 Å². The number of carbonyl (C=O) groups excluding carboxylic acids is 1. The van der Waals surface area contributed by atoms with Crippen LogP contribution in [0.4, 0.5) is 8.78 Å². The zero-order valence-corrected chi connectivity index (χ0v) is 20.1. The first-order valence-electron chi connectivity index (χ1n) is 12.1. The minimum Gasteiger partial charge on any atom is -0.473 e. The summed E-state index contributed by atoms with van der Waals surface area (Å²) in [5, 5.41) is 15.0. The van der Waals surface area contributed by atoms with Crippen molar-refractivity contribution in [3.63, 3.8) is 0 Å². The van der Waals surface area contributed by atoms with Crippen LogP contribution < -0.4 is 15.8 Å². The highest BCUT2D eigenvalue weighted by Gasteiger charge is 2.46. The first-order valence-corrected chi connectivity index (χ1v) is 12.1. The van der Waals surface area contributed by atoms with E-state index in [1.807, 2.05) is 43.3 Å². The number of benzene rings is 2. The van der Waals surface area contributed by atoms with E-state index in [-0.39, 0.29) is 25.0 Å². The van der Waals surface area contributed by atoms with Crippen molar-refractivity contribution in [1.29, 1.82) is 0 Å². The van der Waals surface area contributed by atoms with E-state index in [9.17, 15) is 18.7 Å². The fourth-order valence-corrected chi connectivity index (χ4v) is 5.39. The standard InChI is InChI=1S/C28H31F2N3O3/c1-18(27(35)24-16-23(17-33-24)36-26-9-5-6-12-32-26)28(11-10-25(31)34,19-7-3-2-4-8-19)20-13-21(29)15-22(30)14-20/h2-9,12-15,18,23-24,27,33,35H,10-11,16-17H2,1H3,(H2,31,34)/t18?,23-,24+,27?,28?/m0/s1. The number of nitrogens with one attached hydrogen (secondary N) is 1. The Hall–Kier alpha value is -3.36. The SMILES string of the molecule is CC(C(O)[C@H]1C[C@H](Oc2ccccn2)CN1)C(CCC(N)=O)(c1ccccc1)c1cc(F)cc(F)c1. The molecule has 4 N–H and O–H groups in total. The van der Waals surface area contributed by atoms with Gasteiger partial charge in [0.25, 0.3) is 0 Å². The highest BCUT2D eigenvalue weighted by molar-refractivity contribution is 5.74. The van der Waals surface area contributed by atoms with Crippen molar-refractivity contribution in [3.05, 3.63) is 95.7 Å². The molecule has 0 saturated carbocycles. The summed E-state index contributed by atoms with van der Waals surface area (Å²) < 4.78 is 34.9. The zero-order chi connectivity index (χ0) is 25.7. The maximum atomic E-state index is 14.5. The lowest BCUT2D eigenvalue weighted by Gasteiger charge is -2.44. The van der Waals surface area contributed by atoms with Crippen molar-refractivity contribution in [3.8, 4) is 5.88 Å². The molecule has 8 heteroatoms. The van der Waals surface area contributed by atoms with Crippen LogP contribution in [0.1, 0.15) is 37.3 Å². The minimum atomic E-state index is -1.08. The predicted octanol–water partition coefficient (Wildman–Crippen LogP) is 3.72. The maximum absolute atomic E-state index is 14.5. The number of rotatable bonds is 10. The fraction of sp³-hybridized carbons (Fsp3) is 0.357. The van der Waals surface area contributed by atoms with E-state index in [1.165, 1.54) is 12.1 Å². The number of ether oxygens (including phenoxy) is 1. The quantitative estimate of drug-likeness (QED) is 0.398. The smallest absolute Gasteiger partial charge is 0.217 e. The molecule has 1 aliphatic rings. The van der Waals surface area contributed by atoms with Gasteiger partial charge in [-0.1, -0.05) is 43.3 Å². The minimum absolute atomic E-state index is 0.0202. The number of primary amides is 1. The fourth-order valence-electron chi connectivity index (χ4n) is 5.39. The summed E-state index contributed by atoms with van der Waals surface area (Å²) >= 11 is 0. The number of aliphatic hydroxyl groups is 1. The third-order valence-electron chi connectivity index (χ3n) is 7.18. The average molecular weight is 496 g/mol. The summed E-state index contributed by atoms with van der Waals surface area (Å²) in [7, 11) is 0. The Labute approximate surface area is 209 Å². The molecule has 2 aromatic carbocycles. The third kappa shape index (κ3) is 5.55.